The summed E-state index contributed by atoms with van der Waals surface area (Å²) in [6.07, 6.45) is 29.0. The molecule has 0 saturated heterocycles. The topological polar surface area (TPSA) is 25.3 Å². The Labute approximate surface area is 287 Å². The number of rotatable bonds is 23. The first-order valence-corrected chi connectivity index (χ1v) is 21.5. The van der Waals surface area contributed by atoms with Crippen LogP contribution in [0.4, 0.5) is 0 Å². The van der Waals surface area contributed by atoms with Gasteiger partial charge in [-0.25, -0.2) is 4.70 Å². The zero-order valence-corrected chi connectivity index (χ0v) is 31.3. The first kappa shape index (κ1) is 39.4. The predicted octanol–water partition coefficient (Wildman–Crippen LogP) is 14.2. The Morgan fingerprint density at radius 1 is 0.533 bits per heavy atom. The van der Waals surface area contributed by atoms with E-state index in [0.717, 1.165) is 59.8 Å². The molecule has 0 amide bonds. The van der Waals surface area contributed by atoms with Crippen LogP contribution in [-0.2, 0) is 30.8 Å². The minimum absolute atomic E-state index is 0.928. The molecule has 0 spiro atoms. The van der Waals surface area contributed by atoms with E-state index >= 15 is 0 Å². The second kappa shape index (κ2) is 25.3. The fraction of sp³-hybridized carbons (Fsp3) is 0.619. The molecule has 1 aliphatic heterocycles. The number of allylic oxidation sites excluding steroid dienone is 2. The quantitative estimate of drug-likeness (QED) is 0.0625. The van der Waals surface area contributed by atoms with Crippen LogP contribution in [0.1, 0.15) is 165 Å². The van der Waals surface area contributed by atoms with Gasteiger partial charge in [0.15, 0.2) is 0 Å². The van der Waals surface area contributed by atoms with Crippen molar-refractivity contribution < 1.29 is 22.7 Å². The standard InChI is InChI=1S/C40H60N2.2CH3.Pd/c1-4-7-10-13-16-19-24-34-26-22-29-36(31-34)39-33-38(28-21-18-15-12-9-6-3)40(42(39)41)37-30-23-27-35(32-37)25-20-17-14-11-8-5-2;;;/h22-23,26-27,29-33H,4-21,24-25,28H2,1-3H3;2*1H3;. The van der Waals surface area contributed by atoms with Gasteiger partial charge in [-0.3, -0.25) is 0 Å². The number of aryl methyl sites for hydroxylation is 2. The summed E-state index contributed by atoms with van der Waals surface area (Å²) < 4.78 is 1.50. The van der Waals surface area contributed by atoms with Gasteiger partial charge in [-0.15, -0.1) is 0 Å². The van der Waals surface area contributed by atoms with Gasteiger partial charge in [-0.05, 0) is 73.9 Å². The average Bonchev–Trinajstić information content (AvgIpc) is 3.38. The fourth-order valence-corrected chi connectivity index (χ4v) is 6.33. The van der Waals surface area contributed by atoms with E-state index in [9.17, 15) is 5.53 Å². The zero-order chi connectivity index (χ0) is 32.5. The van der Waals surface area contributed by atoms with Crippen LogP contribution in [0.2, 0.25) is 10.8 Å². The molecular formula is C42H66N2Pd. The Kier molecular flexibility index (Phi) is 22.1. The van der Waals surface area contributed by atoms with E-state index in [2.05, 4.69) is 86.2 Å². The molecule has 0 fully saturated rings. The molecule has 2 aromatic carbocycles. The van der Waals surface area contributed by atoms with Crippen molar-refractivity contribution in [2.24, 2.45) is 0 Å². The van der Waals surface area contributed by atoms with Gasteiger partial charge in [-0.2, -0.15) is 0 Å². The summed E-state index contributed by atoms with van der Waals surface area (Å²) in [7, 11) is 0. The van der Waals surface area contributed by atoms with E-state index in [1.807, 2.05) is 0 Å². The Balaban J connectivity index is 0.00000226. The van der Waals surface area contributed by atoms with Gasteiger partial charge < -0.3 is 5.53 Å². The van der Waals surface area contributed by atoms with Gasteiger partial charge in [0.25, 0.3) is 0 Å². The van der Waals surface area contributed by atoms with Gasteiger partial charge in [0, 0.05) is 22.8 Å². The van der Waals surface area contributed by atoms with E-state index in [1.165, 1.54) is 137 Å². The molecule has 0 N–H and O–H groups in total. The summed E-state index contributed by atoms with van der Waals surface area (Å²) in [5.41, 5.74) is 19.9. The van der Waals surface area contributed by atoms with Crippen LogP contribution < -0.4 is 0 Å². The number of hydrogen-bond donors (Lipinski definition) is 0. The molecule has 0 aliphatic carbocycles. The third kappa shape index (κ3) is 15.5. The van der Waals surface area contributed by atoms with Crippen LogP contribution in [0, 0.1) is 0 Å². The van der Waals surface area contributed by atoms with Gasteiger partial charge in [0.1, 0.15) is 0 Å². The zero-order valence-electron chi connectivity index (χ0n) is 29.8. The van der Waals surface area contributed by atoms with Crippen molar-refractivity contribution >= 4 is 11.4 Å². The third-order valence-electron chi connectivity index (χ3n) is 8.92. The maximum atomic E-state index is 11.7. The summed E-state index contributed by atoms with van der Waals surface area (Å²) in [6.45, 7) is 6.84. The normalized spacial score (nSPS) is 12.9. The van der Waals surface area contributed by atoms with Crippen molar-refractivity contribution in [3.63, 3.8) is 0 Å². The molecule has 0 radical (unpaired) electrons. The molecule has 3 rings (SSSR count). The monoisotopic (exact) mass is 704 g/mol. The molecule has 1 aliphatic rings. The van der Waals surface area contributed by atoms with Crippen LogP contribution in [-0.4, -0.2) is 4.70 Å². The first-order valence-electron chi connectivity index (χ1n) is 18.4. The summed E-state index contributed by atoms with van der Waals surface area (Å²) in [5.74, 6) is 0. The number of benzene rings is 2. The van der Waals surface area contributed by atoms with E-state index in [0.29, 0.717) is 0 Å². The Hall–Kier alpha value is -1.82. The van der Waals surface area contributed by atoms with Gasteiger partial charge >= 0.3 is 28.8 Å². The molecule has 0 bridgehead atoms. The Bertz CT molecular complexity index is 1140. The Morgan fingerprint density at radius 2 is 0.933 bits per heavy atom. The van der Waals surface area contributed by atoms with Gasteiger partial charge in [0.05, 0.1) is 0 Å². The fourth-order valence-electron chi connectivity index (χ4n) is 6.33. The average molecular weight is 705 g/mol. The maximum absolute atomic E-state index is 11.7. The Morgan fingerprint density at radius 3 is 1.42 bits per heavy atom. The molecule has 2 nitrogen and oxygen atoms in total. The summed E-state index contributed by atoms with van der Waals surface area (Å²) in [4.78, 5) is 0. The second-order valence-electron chi connectivity index (χ2n) is 13.0. The molecule has 0 saturated carbocycles. The summed E-state index contributed by atoms with van der Waals surface area (Å²) in [6, 6.07) is 17.9. The van der Waals surface area contributed by atoms with Crippen molar-refractivity contribution in [2.75, 3.05) is 0 Å². The van der Waals surface area contributed by atoms with Crippen LogP contribution in [0.25, 0.3) is 16.9 Å². The van der Waals surface area contributed by atoms with Crippen LogP contribution in [0.5, 0.6) is 0 Å². The van der Waals surface area contributed by atoms with E-state index in [4.69, 9.17) is 0 Å². The summed E-state index contributed by atoms with van der Waals surface area (Å²) >= 11 is 0.950. The van der Waals surface area contributed by atoms with Gasteiger partial charge in [-0.1, -0.05) is 141 Å². The van der Waals surface area contributed by atoms with Crippen molar-refractivity contribution in [3.05, 3.63) is 88.0 Å². The van der Waals surface area contributed by atoms with Gasteiger partial charge in [0.2, 0.25) is 11.4 Å². The van der Waals surface area contributed by atoms with E-state index in [-0.39, 0.29) is 0 Å². The van der Waals surface area contributed by atoms with Crippen molar-refractivity contribution in [3.8, 4) is 0 Å². The molecule has 254 valence electrons. The third-order valence-corrected chi connectivity index (χ3v) is 8.92. The predicted molar refractivity (Wildman–Crippen MR) is 195 cm³/mol. The molecule has 3 heteroatoms. The first-order chi connectivity index (χ1) is 22.1. The van der Waals surface area contributed by atoms with Crippen LogP contribution in [0.3, 0.4) is 0 Å². The van der Waals surface area contributed by atoms with Crippen molar-refractivity contribution in [1.82, 2.24) is 0 Å². The number of unbranched alkanes of at least 4 members (excludes halogenated alkanes) is 15. The SMILES string of the molecule is CCCCCCCCC1=C(c2cccc(CCCCCCCC)c2)[N+](=[N-])C(c2cccc(CCCCCCCC)c2)=C1.[CH3][Pd][CH3]. The molecule has 1 heterocycles. The molecule has 0 unspecified atom stereocenters. The molecule has 45 heavy (non-hydrogen) atoms. The second-order valence-corrected chi connectivity index (χ2v) is 14.5. The number of hydrogen-bond acceptors (Lipinski definition) is 0. The molecule has 0 aromatic heterocycles. The summed E-state index contributed by atoms with van der Waals surface area (Å²) in [5, 5.41) is 4.35. The van der Waals surface area contributed by atoms with E-state index in [1.54, 1.807) is 0 Å². The van der Waals surface area contributed by atoms with Crippen molar-refractivity contribution in [1.29, 1.82) is 0 Å². The molecular weight excluding hydrogens is 639 g/mol. The minimum atomic E-state index is 0.928. The number of nitrogens with zero attached hydrogens (tertiary/aromatic N) is 2. The van der Waals surface area contributed by atoms with Crippen molar-refractivity contribution in [2.45, 2.75) is 166 Å². The van der Waals surface area contributed by atoms with E-state index < -0.39 is 0 Å². The molecule has 2 aromatic rings. The van der Waals surface area contributed by atoms with Crippen LogP contribution in [0.15, 0.2) is 60.2 Å². The molecule has 0 atom stereocenters. The van der Waals surface area contributed by atoms with Crippen LogP contribution >= 0.6 is 0 Å².